The van der Waals surface area contributed by atoms with E-state index in [-0.39, 0.29) is 11.8 Å². The van der Waals surface area contributed by atoms with E-state index in [1.165, 1.54) is 11.1 Å². The minimum absolute atomic E-state index is 0.227. The number of rotatable bonds is 4. The SMILES string of the molecule is CC(C)(C)OC(=O)N1CCN(c2c(C3CC3c3ccccc3)c(-c3ccc(O)cc3)nc3[nH]ncc23)CC1. The van der Waals surface area contributed by atoms with Crippen LogP contribution in [0.2, 0.25) is 0 Å². The van der Waals surface area contributed by atoms with Crippen molar-refractivity contribution in [2.45, 2.75) is 44.6 Å². The Kier molecular flexibility index (Phi) is 5.97. The molecule has 2 aliphatic rings. The standard InChI is InChI=1S/C30H33N5O3/c1-30(2,3)38-29(37)35-15-13-34(14-16-35)27-24-18-31-33-28(24)32-26(20-9-11-21(36)12-10-20)25(27)23-17-22(23)19-7-5-4-6-8-19/h4-12,18,22-23,36H,13-17H2,1-3H3,(H,31,32,33). The summed E-state index contributed by atoms with van der Waals surface area (Å²) in [5.41, 5.74) is 5.77. The number of carbonyl (C=O) groups is 1. The average Bonchev–Trinajstić information content (AvgIpc) is 3.56. The van der Waals surface area contributed by atoms with Crippen LogP contribution in [0, 0.1) is 0 Å². The van der Waals surface area contributed by atoms with E-state index in [1.54, 1.807) is 17.0 Å². The largest absolute Gasteiger partial charge is 0.508 e. The third-order valence-electron chi connectivity index (χ3n) is 7.39. The molecule has 2 N–H and O–H groups in total. The highest BCUT2D eigenvalue weighted by Gasteiger charge is 2.44. The zero-order valence-corrected chi connectivity index (χ0v) is 22.0. The Balaban J connectivity index is 1.41. The van der Waals surface area contributed by atoms with Crippen molar-refractivity contribution in [1.82, 2.24) is 20.1 Å². The number of ether oxygens (including phenoxy) is 1. The number of phenols is 1. The fraction of sp³-hybridized carbons (Fsp3) is 0.367. The Morgan fingerprint density at radius 3 is 2.39 bits per heavy atom. The number of pyridine rings is 1. The molecule has 2 fully saturated rings. The third kappa shape index (κ3) is 4.66. The number of piperazine rings is 1. The number of carbonyl (C=O) groups excluding carboxylic acids is 1. The number of anilines is 1. The molecule has 2 unspecified atom stereocenters. The molecule has 0 bridgehead atoms. The summed E-state index contributed by atoms with van der Waals surface area (Å²) in [5, 5.41) is 18.4. The number of benzene rings is 2. The molecule has 196 valence electrons. The van der Waals surface area contributed by atoms with Gasteiger partial charge in [-0.2, -0.15) is 5.10 Å². The van der Waals surface area contributed by atoms with Gasteiger partial charge in [0.15, 0.2) is 5.65 Å². The van der Waals surface area contributed by atoms with E-state index in [0.29, 0.717) is 38.0 Å². The second-order valence-electron chi connectivity index (χ2n) is 11.2. The first-order valence-electron chi connectivity index (χ1n) is 13.2. The molecule has 1 saturated heterocycles. The van der Waals surface area contributed by atoms with Gasteiger partial charge in [-0.1, -0.05) is 30.3 Å². The van der Waals surface area contributed by atoms with E-state index in [1.807, 2.05) is 39.1 Å². The molecule has 2 atom stereocenters. The van der Waals surface area contributed by atoms with Gasteiger partial charge in [0.05, 0.1) is 23.0 Å². The van der Waals surface area contributed by atoms with Crippen molar-refractivity contribution >= 4 is 22.8 Å². The molecule has 8 heteroatoms. The van der Waals surface area contributed by atoms with E-state index in [4.69, 9.17) is 9.72 Å². The maximum atomic E-state index is 12.7. The molecule has 6 rings (SSSR count). The average molecular weight is 512 g/mol. The minimum atomic E-state index is -0.521. The summed E-state index contributed by atoms with van der Waals surface area (Å²) in [4.78, 5) is 21.9. The molecule has 2 aromatic carbocycles. The highest BCUT2D eigenvalue weighted by atomic mass is 16.6. The molecule has 1 saturated carbocycles. The van der Waals surface area contributed by atoms with Crippen LogP contribution in [0.25, 0.3) is 22.3 Å². The lowest BCUT2D eigenvalue weighted by Gasteiger charge is -2.38. The number of aromatic hydroxyl groups is 1. The number of hydrogen-bond donors (Lipinski definition) is 2. The van der Waals surface area contributed by atoms with Crippen LogP contribution in [-0.4, -0.2) is 63.1 Å². The van der Waals surface area contributed by atoms with E-state index in [0.717, 1.165) is 34.4 Å². The zero-order valence-electron chi connectivity index (χ0n) is 22.0. The Labute approximate surface area is 222 Å². The first kappa shape index (κ1) is 24.3. The van der Waals surface area contributed by atoms with Gasteiger partial charge < -0.3 is 19.6 Å². The van der Waals surface area contributed by atoms with Crippen molar-refractivity contribution in [3.63, 3.8) is 0 Å². The Bertz CT molecular complexity index is 1450. The smallest absolute Gasteiger partial charge is 0.410 e. The lowest BCUT2D eigenvalue weighted by Crippen LogP contribution is -2.50. The predicted molar refractivity (Wildman–Crippen MR) is 148 cm³/mol. The molecule has 0 spiro atoms. The summed E-state index contributed by atoms with van der Waals surface area (Å²) in [6.07, 6.45) is 2.64. The van der Waals surface area contributed by atoms with Gasteiger partial charge in [0.1, 0.15) is 11.4 Å². The van der Waals surface area contributed by atoms with Crippen LogP contribution in [0.4, 0.5) is 10.5 Å². The zero-order chi connectivity index (χ0) is 26.4. The van der Waals surface area contributed by atoms with Crippen LogP contribution in [0.15, 0.2) is 60.8 Å². The van der Waals surface area contributed by atoms with Gasteiger partial charge in [-0.3, -0.25) is 5.10 Å². The second kappa shape index (κ2) is 9.35. The molecule has 2 aromatic heterocycles. The lowest BCUT2D eigenvalue weighted by atomic mass is 9.95. The van der Waals surface area contributed by atoms with Gasteiger partial charge in [-0.05, 0) is 68.9 Å². The predicted octanol–water partition coefficient (Wildman–Crippen LogP) is 5.66. The Morgan fingerprint density at radius 1 is 1.00 bits per heavy atom. The van der Waals surface area contributed by atoms with Gasteiger partial charge >= 0.3 is 6.09 Å². The van der Waals surface area contributed by atoms with Crippen molar-refractivity contribution in [2.24, 2.45) is 0 Å². The molecule has 8 nitrogen and oxygen atoms in total. The van der Waals surface area contributed by atoms with Crippen LogP contribution < -0.4 is 4.90 Å². The number of aromatic nitrogens is 3. The molecular weight excluding hydrogens is 478 g/mol. The molecule has 0 radical (unpaired) electrons. The number of phenolic OH excluding ortho intramolecular Hbond substituents is 1. The quantitative estimate of drug-likeness (QED) is 0.367. The number of H-pyrrole nitrogens is 1. The minimum Gasteiger partial charge on any atom is -0.508 e. The molecule has 1 amide bonds. The summed E-state index contributed by atoms with van der Waals surface area (Å²) in [6, 6.07) is 17.9. The summed E-state index contributed by atoms with van der Waals surface area (Å²) in [6.45, 7) is 8.22. The first-order chi connectivity index (χ1) is 18.3. The monoisotopic (exact) mass is 511 g/mol. The summed E-state index contributed by atoms with van der Waals surface area (Å²) in [5.74, 6) is 0.955. The Hall–Kier alpha value is -4.07. The van der Waals surface area contributed by atoms with Crippen LogP contribution in [0.3, 0.4) is 0 Å². The first-order valence-corrected chi connectivity index (χ1v) is 13.2. The van der Waals surface area contributed by atoms with E-state index >= 15 is 0 Å². The van der Waals surface area contributed by atoms with Crippen molar-refractivity contribution in [3.05, 3.63) is 71.9 Å². The normalized spacial score (nSPS) is 19.6. The van der Waals surface area contributed by atoms with Crippen molar-refractivity contribution in [3.8, 4) is 17.0 Å². The number of nitrogens with zero attached hydrogens (tertiary/aromatic N) is 4. The van der Waals surface area contributed by atoms with Crippen molar-refractivity contribution < 1.29 is 14.6 Å². The van der Waals surface area contributed by atoms with Gasteiger partial charge in [0.25, 0.3) is 0 Å². The highest BCUT2D eigenvalue weighted by Crippen LogP contribution is 2.59. The van der Waals surface area contributed by atoms with E-state index in [2.05, 4.69) is 45.4 Å². The maximum Gasteiger partial charge on any atom is 0.410 e. The van der Waals surface area contributed by atoms with Crippen LogP contribution >= 0.6 is 0 Å². The molecule has 3 heterocycles. The van der Waals surface area contributed by atoms with Gasteiger partial charge in [0, 0.05) is 37.3 Å². The summed E-state index contributed by atoms with van der Waals surface area (Å²) < 4.78 is 5.62. The number of fused-ring (bicyclic) bond motifs is 1. The van der Waals surface area contributed by atoms with E-state index < -0.39 is 5.60 Å². The van der Waals surface area contributed by atoms with E-state index in [9.17, 15) is 9.90 Å². The molecule has 38 heavy (non-hydrogen) atoms. The fourth-order valence-corrected chi connectivity index (χ4v) is 5.52. The maximum absolute atomic E-state index is 12.7. The highest BCUT2D eigenvalue weighted by molar-refractivity contribution is 5.96. The molecule has 1 aliphatic carbocycles. The van der Waals surface area contributed by atoms with Crippen LogP contribution in [0.5, 0.6) is 5.75 Å². The van der Waals surface area contributed by atoms with Gasteiger partial charge in [-0.15, -0.1) is 0 Å². The lowest BCUT2D eigenvalue weighted by molar-refractivity contribution is 0.0240. The number of hydrogen-bond acceptors (Lipinski definition) is 6. The third-order valence-corrected chi connectivity index (χ3v) is 7.39. The van der Waals surface area contributed by atoms with Crippen LogP contribution in [-0.2, 0) is 4.74 Å². The topological polar surface area (TPSA) is 94.6 Å². The van der Waals surface area contributed by atoms with Crippen molar-refractivity contribution in [2.75, 3.05) is 31.1 Å². The number of aromatic amines is 1. The van der Waals surface area contributed by atoms with Gasteiger partial charge in [-0.25, -0.2) is 9.78 Å². The Morgan fingerprint density at radius 2 is 1.71 bits per heavy atom. The number of amides is 1. The summed E-state index contributed by atoms with van der Waals surface area (Å²) in [7, 11) is 0. The fourth-order valence-electron chi connectivity index (χ4n) is 5.52. The van der Waals surface area contributed by atoms with Crippen LogP contribution in [0.1, 0.15) is 50.2 Å². The molecule has 1 aliphatic heterocycles. The van der Waals surface area contributed by atoms with Crippen molar-refractivity contribution in [1.29, 1.82) is 0 Å². The number of nitrogens with one attached hydrogen (secondary N) is 1. The van der Waals surface area contributed by atoms with Gasteiger partial charge in [0.2, 0.25) is 0 Å². The summed E-state index contributed by atoms with van der Waals surface area (Å²) >= 11 is 0. The molecule has 4 aromatic rings. The second-order valence-corrected chi connectivity index (χ2v) is 11.2. The molecular formula is C30H33N5O3.